The van der Waals surface area contributed by atoms with Crippen molar-refractivity contribution in [3.63, 3.8) is 0 Å². The van der Waals surface area contributed by atoms with Gasteiger partial charge in [0.1, 0.15) is 0 Å². The van der Waals surface area contributed by atoms with Gasteiger partial charge >= 0.3 is 0 Å². The number of anilines is 6. The Balaban J connectivity index is 1.24. The summed E-state index contributed by atoms with van der Waals surface area (Å²) in [6.07, 6.45) is 0. The van der Waals surface area contributed by atoms with Crippen LogP contribution >= 0.6 is 0 Å². The number of rotatable bonds is 8. The molecule has 2 aliphatic heterocycles. The zero-order valence-corrected chi connectivity index (χ0v) is 55.1. The quantitative estimate of drug-likeness (QED) is 0.140. The lowest BCUT2D eigenvalue weighted by Crippen LogP contribution is -2.61. The number of hydrogen-bond acceptors (Lipinski definition) is 2. The maximum Gasteiger partial charge on any atom is 0.252 e. The molecule has 0 aromatic heterocycles. The van der Waals surface area contributed by atoms with Crippen molar-refractivity contribution in [2.45, 2.75) is 131 Å². The largest absolute Gasteiger partial charge is 0.310 e. The molecule has 0 spiro atoms. The summed E-state index contributed by atoms with van der Waals surface area (Å²) in [7, 11) is 0. The molecule has 89 heavy (non-hydrogen) atoms. The summed E-state index contributed by atoms with van der Waals surface area (Å²) in [5.74, 6) is 0. The van der Waals surface area contributed by atoms with Crippen molar-refractivity contribution in [3.05, 3.63) is 270 Å². The molecule has 0 radical (unpaired) electrons. The van der Waals surface area contributed by atoms with E-state index in [-0.39, 0.29) is 33.8 Å². The van der Waals surface area contributed by atoms with Gasteiger partial charge in [0, 0.05) is 45.0 Å². The van der Waals surface area contributed by atoms with Gasteiger partial charge in [-0.1, -0.05) is 298 Å². The second-order valence-corrected chi connectivity index (χ2v) is 30.3. The monoisotopic (exact) mass is 1160 g/mol. The minimum atomic E-state index is -0.274. The molecule has 0 saturated carbocycles. The molecule has 2 heterocycles. The van der Waals surface area contributed by atoms with E-state index in [1.165, 1.54) is 145 Å². The molecule has 2 nitrogen and oxygen atoms in total. The summed E-state index contributed by atoms with van der Waals surface area (Å²) in [4.78, 5) is 5.45. The van der Waals surface area contributed by atoms with Gasteiger partial charge in [-0.25, -0.2) is 0 Å². The molecule has 2 aliphatic rings. The van der Waals surface area contributed by atoms with Crippen molar-refractivity contribution in [1.29, 1.82) is 0 Å². The van der Waals surface area contributed by atoms with Crippen molar-refractivity contribution in [1.82, 2.24) is 0 Å². The summed E-state index contributed by atoms with van der Waals surface area (Å²) in [6, 6.07) is 93.1. The molecule has 0 aliphatic carbocycles. The Morgan fingerprint density at radius 2 is 0.562 bits per heavy atom. The van der Waals surface area contributed by atoms with Crippen LogP contribution in [0.3, 0.4) is 0 Å². The molecule has 13 rings (SSSR count). The molecule has 11 aromatic rings. The van der Waals surface area contributed by atoms with Gasteiger partial charge in [0.25, 0.3) is 6.71 Å². The Bertz CT molecular complexity index is 4350. The van der Waals surface area contributed by atoms with E-state index in [2.05, 4.69) is 356 Å². The van der Waals surface area contributed by atoms with Gasteiger partial charge in [0.15, 0.2) is 0 Å². The lowest BCUT2D eigenvalue weighted by atomic mass is 9.33. The lowest BCUT2D eigenvalue weighted by molar-refractivity contribution is 0.570. The first-order valence-electron chi connectivity index (χ1n) is 32.2. The van der Waals surface area contributed by atoms with Crippen LogP contribution in [0.25, 0.3) is 66.8 Å². The van der Waals surface area contributed by atoms with E-state index in [0.29, 0.717) is 0 Å². The first-order chi connectivity index (χ1) is 42.3. The highest BCUT2D eigenvalue weighted by Gasteiger charge is 2.46. The van der Waals surface area contributed by atoms with Crippen molar-refractivity contribution < 1.29 is 0 Å². The molecule has 0 amide bonds. The third-order valence-electron chi connectivity index (χ3n) is 18.8. The highest BCUT2D eigenvalue weighted by molar-refractivity contribution is 7.00. The molecule has 11 aromatic carbocycles. The van der Waals surface area contributed by atoms with E-state index in [4.69, 9.17) is 0 Å². The fourth-order valence-electron chi connectivity index (χ4n) is 13.7. The molecule has 442 valence electrons. The fraction of sp³-hybridized carbons (Fsp3) is 0.233. The number of benzene rings is 11. The zero-order valence-electron chi connectivity index (χ0n) is 55.1. The van der Waals surface area contributed by atoms with Crippen molar-refractivity contribution >= 4 is 57.2 Å². The molecule has 0 unspecified atom stereocenters. The van der Waals surface area contributed by atoms with E-state index < -0.39 is 0 Å². The van der Waals surface area contributed by atoms with Gasteiger partial charge in [-0.3, -0.25) is 0 Å². The second kappa shape index (κ2) is 22.0. The average molecular weight is 1160 g/mol. The topological polar surface area (TPSA) is 6.48 Å². The smallest absolute Gasteiger partial charge is 0.252 e. The number of fused-ring (bicyclic) bond motifs is 4. The van der Waals surface area contributed by atoms with Gasteiger partial charge in [-0.15, -0.1) is 0 Å². The minimum Gasteiger partial charge on any atom is -0.310 e. The average Bonchev–Trinajstić information content (AvgIpc) is 0.750. The Kier molecular flexibility index (Phi) is 14.6. The van der Waals surface area contributed by atoms with Gasteiger partial charge in [0.2, 0.25) is 0 Å². The van der Waals surface area contributed by atoms with Crippen molar-refractivity contribution in [2.24, 2.45) is 0 Å². The Hall–Kier alpha value is -8.92. The van der Waals surface area contributed by atoms with Gasteiger partial charge in [0.05, 0.1) is 11.4 Å². The Morgan fingerprint density at radius 1 is 0.236 bits per heavy atom. The first-order valence-corrected chi connectivity index (χ1v) is 32.2. The summed E-state index contributed by atoms with van der Waals surface area (Å²) in [6.45, 7) is 35.3. The Morgan fingerprint density at radius 3 is 0.910 bits per heavy atom. The summed E-state index contributed by atoms with van der Waals surface area (Å²) >= 11 is 0. The van der Waals surface area contributed by atoms with E-state index in [9.17, 15) is 0 Å². The van der Waals surface area contributed by atoms with Crippen LogP contribution in [0.1, 0.15) is 132 Å². The van der Waals surface area contributed by atoms with Gasteiger partial charge in [-0.2, -0.15) is 0 Å². The van der Waals surface area contributed by atoms with Crippen LogP contribution in [0, 0.1) is 0 Å². The minimum absolute atomic E-state index is 0.0146. The normalized spacial score (nSPS) is 13.3. The second-order valence-electron chi connectivity index (χ2n) is 30.3. The molecular weight excluding hydrogens is 1070 g/mol. The molecule has 0 saturated heterocycles. The maximum atomic E-state index is 2.74. The van der Waals surface area contributed by atoms with E-state index in [0.717, 1.165) is 0 Å². The zero-order chi connectivity index (χ0) is 62.5. The van der Waals surface area contributed by atoms with E-state index in [1.54, 1.807) is 0 Å². The standard InChI is InChI=1S/C86H85BN2/c1-82(2,3)63-43-44-67(72(53-63)86(13,14)15)62-42-46-74-76(48-62)89(81-70(59-37-27-19-28-38-59)51-65(84(7,8)9)52-71(81)60-39-29-20-30-40-60)78-55-66(85(10,11)12)54-77-79(78)87(74)73-45-41-61(56-31-21-16-22-32-56)47-75(73)88(77)80-68(57-33-23-17-24-34-57)49-64(83(4,5)6)50-69(80)58-35-25-18-26-36-58/h16-55H,1-15H3. The van der Waals surface area contributed by atoms with E-state index in [1.807, 2.05) is 0 Å². The molecule has 0 fully saturated rings. The SMILES string of the molecule is CC(C)(C)c1cc(-c2ccccc2)c(N2c3cc(-c4ccccc4)ccc3B3c4ccc(-c5ccc(C(C)(C)C)cc5C(C)(C)C)cc4N(c4c(-c5ccccc5)cc(C(C)(C)C)cc4-c4ccccc4)c4cc(C(C)(C)C)cc2c43)c(-c2ccccc2)c1. The van der Waals surface area contributed by atoms with Crippen LogP contribution in [0.4, 0.5) is 34.1 Å². The summed E-state index contributed by atoms with van der Waals surface area (Å²) in [5.41, 5.74) is 31.1. The summed E-state index contributed by atoms with van der Waals surface area (Å²) < 4.78 is 0. The predicted molar refractivity (Wildman–Crippen MR) is 387 cm³/mol. The van der Waals surface area contributed by atoms with Crippen LogP contribution in [-0.2, 0) is 27.1 Å². The first kappa shape index (κ1) is 59.1. The fourth-order valence-corrected chi connectivity index (χ4v) is 13.7. The van der Waals surface area contributed by atoms with Crippen molar-refractivity contribution in [3.8, 4) is 66.8 Å². The van der Waals surface area contributed by atoms with Crippen LogP contribution < -0.4 is 26.2 Å². The van der Waals surface area contributed by atoms with Gasteiger partial charge in [-0.05, 0) is 164 Å². The van der Waals surface area contributed by atoms with Crippen LogP contribution in [-0.4, -0.2) is 6.71 Å². The Labute approximate surface area is 532 Å². The lowest BCUT2D eigenvalue weighted by Gasteiger charge is -2.47. The maximum absolute atomic E-state index is 2.74. The highest BCUT2D eigenvalue weighted by atomic mass is 15.2. The third kappa shape index (κ3) is 10.9. The van der Waals surface area contributed by atoms with Crippen LogP contribution in [0.5, 0.6) is 0 Å². The van der Waals surface area contributed by atoms with E-state index >= 15 is 0 Å². The highest BCUT2D eigenvalue weighted by Crippen LogP contribution is 2.56. The predicted octanol–water partition coefficient (Wildman–Crippen LogP) is 22.3. The molecule has 3 heteroatoms. The van der Waals surface area contributed by atoms with Crippen molar-refractivity contribution in [2.75, 3.05) is 9.80 Å². The summed E-state index contributed by atoms with van der Waals surface area (Å²) in [5, 5.41) is 0. The molecule has 0 N–H and O–H groups in total. The molecular formula is C86H85BN2. The van der Waals surface area contributed by atoms with Crippen LogP contribution in [0.15, 0.2) is 243 Å². The molecule has 0 atom stereocenters. The third-order valence-corrected chi connectivity index (χ3v) is 18.8. The van der Waals surface area contributed by atoms with Crippen LogP contribution in [0.2, 0.25) is 0 Å². The number of nitrogens with zero attached hydrogens (tertiary/aromatic N) is 2. The number of hydrogen-bond donors (Lipinski definition) is 0. The molecule has 0 bridgehead atoms. The van der Waals surface area contributed by atoms with Gasteiger partial charge < -0.3 is 9.80 Å².